The van der Waals surface area contributed by atoms with Gasteiger partial charge >= 0.3 is 0 Å². The summed E-state index contributed by atoms with van der Waals surface area (Å²) in [6, 6.07) is 13.5. The Morgan fingerprint density at radius 1 is 1.00 bits per heavy atom. The summed E-state index contributed by atoms with van der Waals surface area (Å²) in [6.45, 7) is 2.19. The van der Waals surface area contributed by atoms with Crippen LogP contribution in [0.1, 0.15) is 31.2 Å². The van der Waals surface area contributed by atoms with Gasteiger partial charge in [0.15, 0.2) is 0 Å². The summed E-state index contributed by atoms with van der Waals surface area (Å²) in [4.78, 5) is 11.4. The molecule has 1 N–H and O–H groups in total. The Labute approximate surface area is 138 Å². The fraction of sp³-hybridized carbons (Fsp3) is 0.474. The topological polar surface area (TPSA) is 41.1 Å². The summed E-state index contributed by atoms with van der Waals surface area (Å²) in [5, 5.41) is 3.39. The molecule has 0 atom stereocenters. The van der Waals surface area contributed by atoms with Crippen LogP contribution in [0.2, 0.25) is 0 Å². The number of piperidine rings is 1. The van der Waals surface area contributed by atoms with Crippen LogP contribution in [-0.2, 0) is 6.42 Å². The highest BCUT2D eigenvalue weighted by Crippen LogP contribution is 2.26. The Morgan fingerprint density at radius 3 is 2.52 bits per heavy atom. The van der Waals surface area contributed by atoms with Gasteiger partial charge in [-0.1, -0.05) is 30.3 Å². The number of benzene rings is 1. The van der Waals surface area contributed by atoms with Crippen molar-refractivity contribution in [2.75, 3.05) is 23.3 Å². The Balaban J connectivity index is 1.34. The first-order valence-electron chi connectivity index (χ1n) is 8.75. The van der Waals surface area contributed by atoms with Crippen molar-refractivity contribution < 1.29 is 0 Å². The Bertz CT molecular complexity index is 631. The zero-order chi connectivity index (χ0) is 15.5. The fourth-order valence-electron chi connectivity index (χ4n) is 3.32. The molecule has 120 valence electrons. The van der Waals surface area contributed by atoms with E-state index in [1.807, 2.05) is 12.3 Å². The molecule has 1 aliphatic heterocycles. The molecule has 4 nitrogen and oxygen atoms in total. The first-order chi connectivity index (χ1) is 11.4. The first-order valence-corrected chi connectivity index (χ1v) is 8.75. The number of hydrogen-bond donors (Lipinski definition) is 1. The Kier molecular flexibility index (Phi) is 4.14. The van der Waals surface area contributed by atoms with E-state index in [-0.39, 0.29) is 0 Å². The number of hydrogen-bond acceptors (Lipinski definition) is 4. The molecular formula is C19H24N4. The molecule has 1 aromatic carbocycles. The standard InChI is InChI=1S/C19H24N4/c1-2-4-15(5-3-1)14-16-9-12-23(13-10-16)18-8-11-20-19(22-18)21-17-6-7-17/h1-5,8,11,16-17H,6-7,9-10,12-14H2,(H,20,21,22). The number of nitrogens with zero attached hydrogens (tertiary/aromatic N) is 3. The lowest BCUT2D eigenvalue weighted by atomic mass is 9.90. The number of rotatable bonds is 5. The molecule has 2 aliphatic rings. The summed E-state index contributed by atoms with van der Waals surface area (Å²) in [7, 11) is 0. The van der Waals surface area contributed by atoms with Crippen LogP contribution in [0.4, 0.5) is 11.8 Å². The van der Waals surface area contributed by atoms with Crippen molar-refractivity contribution in [3.8, 4) is 0 Å². The van der Waals surface area contributed by atoms with E-state index in [1.165, 1.54) is 37.7 Å². The van der Waals surface area contributed by atoms with Gasteiger partial charge in [-0.05, 0) is 49.7 Å². The molecule has 4 rings (SSSR count). The van der Waals surface area contributed by atoms with Crippen molar-refractivity contribution in [2.45, 2.75) is 38.1 Å². The molecule has 2 heterocycles. The molecule has 0 spiro atoms. The summed E-state index contributed by atoms with van der Waals surface area (Å²) in [5.74, 6) is 2.65. The zero-order valence-corrected chi connectivity index (χ0v) is 13.5. The van der Waals surface area contributed by atoms with Crippen molar-refractivity contribution in [1.29, 1.82) is 0 Å². The minimum absolute atomic E-state index is 0.599. The van der Waals surface area contributed by atoms with Crippen LogP contribution in [-0.4, -0.2) is 29.1 Å². The average molecular weight is 308 g/mol. The van der Waals surface area contributed by atoms with Gasteiger partial charge in [-0.25, -0.2) is 4.98 Å². The van der Waals surface area contributed by atoms with Gasteiger partial charge in [0.1, 0.15) is 5.82 Å². The molecule has 4 heteroatoms. The molecule has 0 radical (unpaired) electrons. The molecule has 0 bridgehead atoms. The zero-order valence-electron chi connectivity index (χ0n) is 13.5. The van der Waals surface area contributed by atoms with Crippen molar-refractivity contribution in [1.82, 2.24) is 9.97 Å². The first kappa shape index (κ1) is 14.5. The van der Waals surface area contributed by atoms with Crippen molar-refractivity contribution >= 4 is 11.8 Å². The van der Waals surface area contributed by atoms with E-state index in [0.717, 1.165) is 30.8 Å². The smallest absolute Gasteiger partial charge is 0.224 e. The summed E-state index contributed by atoms with van der Waals surface area (Å²) in [5.41, 5.74) is 1.46. The van der Waals surface area contributed by atoms with Crippen molar-refractivity contribution in [3.05, 3.63) is 48.2 Å². The van der Waals surface area contributed by atoms with E-state index >= 15 is 0 Å². The lowest BCUT2D eigenvalue weighted by molar-refractivity contribution is 0.402. The minimum atomic E-state index is 0.599. The van der Waals surface area contributed by atoms with Crippen LogP contribution in [0.15, 0.2) is 42.6 Å². The van der Waals surface area contributed by atoms with Crippen LogP contribution >= 0.6 is 0 Å². The minimum Gasteiger partial charge on any atom is -0.356 e. The number of nitrogens with one attached hydrogen (secondary N) is 1. The molecular weight excluding hydrogens is 284 g/mol. The number of aromatic nitrogens is 2. The van der Waals surface area contributed by atoms with Crippen LogP contribution in [0, 0.1) is 5.92 Å². The molecule has 0 unspecified atom stereocenters. The highest BCUT2D eigenvalue weighted by atomic mass is 15.2. The molecule has 1 aliphatic carbocycles. The van der Waals surface area contributed by atoms with Gasteiger partial charge in [0.05, 0.1) is 0 Å². The Morgan fingerprint density at radius 2 is 1.78 bits per heavy atom. The monoisotopic (exact) mass is 308 g/mol. The normalized spacial score (nSPS) is 18.9. The van der Waals surface area contributed by atoms with Gasteiger partial charge in [-0.2, -0.15) is 4.98 Å². The molecule has 1 aromatic heterocycles. The largest absolute Gasteiger partial charge is 0.356 e. The van der Waals surface area contributed by atoms with Crippen molar-refractivity contribution in [2.24, 2.45) is 5.92 Å². The van der Waals surface area contributed by atoms with E-state index in [2.05, 4.69) is 50.5 Å². The quantitative estimate of drug-likeness (QED) is 0.917. The third-order valence-corrected chi connectivity index (χ3v) is 4.86. The molecule has 1 saturated carbocycles. The van der Waals surface area contributed by atoms with Gasteiger partial charge in [0.25, 0.3) is 0 Å². The summed E-state index contributed by atoms with van der Waals surface area (Å²) in [6.07, 6.45) is 8.06. The third-order valence-electron chi connectivity index (χ3n) is 4.86. The van der Waals surface area contributed by atoms with Crippen LogP contribution in [0.5, 0.6) is 0 Å². The average Bonchev–Trinajstić information content (AvgIpc) is 3.41. The fourth-order valence-corrected chi connectivity index (χ4v) is 3.32. The highest BCUT2D eigenvalue weighted by Gasteiger charge is 2.23. The van der Waals surface area contributed by atoms with Gasteiger partial charge in [0.2, 0.25) is 5.95 Å². The molecule has 0 amide bonds. The predicted octanol–water partition coefficient (Wildman–Crippen LogP) is 3.51. The molecule has 2 aromatic rings. The van der Waals surface area contributed by atoms with Crippen LogP contribution in [0.3, 0.4) is 0 Å². The van der Waals surface area contributed by atoms with Crippen molar-refractivity contribution in [3.63, 3.8) is 0 Å². The summed E-state index contributed by atoms with van der Waals surface area (Å²) >= 11 is 0. The van der Waals surface area contributed by atoms with E-state index in [0.29, 0.717) is 6.04 Å². The maximum atomic E-state index is 4.69. The maximum absolute atomic E-state index is 4.69. The van der Waals surface area contributed by atoms with Gasteiger partial charge in [-0.3, -0.25) is 0 Å². The van der Waals surface area contributed by atoms with Crippen LogP contribution in [0.25, 0.3) is 0 Å². The second kappa shape index (κ2) is 6.57. The van der Waals surface area contributed by atoms with Gasteiger partial charge in [0, 0.05) is 25.3 Å². The Hall–Kier alpha value is -2.10. The lowest BCUT2D eigenvalue weighted by Gasteiger charge is -2.33. The van der Waals surface area contributed by atoms with Gasteiger partial charge in [-0.15, -0.1) is 0 Å². The van der Waals surface area contributed by atoms with E-state index in [4.69, 9.17) is 0 Å². The third kappa shape index (κ3) is 3.81. The highest BCUT2D eigenvalue weighted by molar-refractivity contribution is 5.43. The van der Waals surface area contributed by atoms with Crippen LogP contribution < -0.4 is 10.2 Å². The predicted molar refractivity (Wildman–Crippen MR) is 93.8 cm³/mol. The SMILES string of the molecule is c1ccc(CC2CCN(c3ccnc(NC4CC4)n3)CC2)cc1. The summed E-state index contributed by atoms with van der Waals surface area (Å²) < 4.78 is 0. The van der Waals surface area contributed by atoms with E-state index in [9.17, 15) is 0 Å². The molecule has 1 saturated heterocycles. The molecule has 23 heavy (non-hydrogen) atoms. The number of anilines is 2. The van der Waals surface area contributed by atoms with E-state index in [1.54, 1.807) is 0 Å². The second-order valence-corrected chi connectivity index (χ2v) is 6.78. The molecule has 2 fully saturated rings. The van der Waals surface area contributed by atoms with E-state index < -0.39 is 0 Å². The lowest BCUT2D eigenvalue weighted by Crippen LogP contribution is -2.35. The second-order valence-electron chi connectivity index (χ2n) is 6.78. The van der Waals surface area contributed by atoms with Gasteiger partial charge < -0.3 is 10.2 Å². The maximum Gasteiger partial charge on any atom is 0.224 e.